The number of carbonyl (C=O) groups is 1. The first-order valence-corrected chi connectivity index (χ1v) is 6.28. The van der Waals surface area contributed by atoms with Gasteiger partial charge in [-0.15, -0.1) is 0 Å². The third kappa shape index (κ3) is 5.29. The van der Waals surface area contributed by atoms with Crippen LogP contribution in [0.1, 0.15) is 16.8 Å². The lowest BCUT2D eigenvalue weighted by molar-refractivity contribution is -0.384. The van der Waals surface area contributed by atoms with E-state index in [0.717, 1.165) is 6.42 Å². The van der Waals surface area contributed by atoms with E-state index in [2.05, 4.69) is 10.6 Å². The van der Waals surface area contributed by atoms with Gasteiger partial charge in [0, 0.05) is 38.0 Å². The monoisotopic (exact) mass is 297 g/mol. The van der Waals surface area contributed by atoms with E-state index < -0.39 is 10.8 Å². The molecule has 1 amide bonds. The highest BCUT2D eigenvalue weighted by Gasteiger charge is 2.10. The Morgan fingerprint density at radius 1 is 1.40 bits per heavy atom. The fraction of sp³-hybridized carbons (Fsp3) is 0.333. The van der Waals surface area contributed by atoms with Crippen LogP contribution in [-0.2, 0) is 4.74 Å². The van der Waals surface area contributed by atoms with Crippen molar-refractivity contribution in [1.29, 1.82) is 0 Å². The van der Waals surface area contributed by atoms with Gasteiger partial charge in [-0.05, 0) is 30.8 Å². The van der Waals surface area contributed by atoms with Gasteiger partial charge in [-0.25, -0.2) is 0 Å². The van der Waals surface area contributed by atoms with Crippen molar-refractivity contribution in [1.82, 2.24) is 10.6 Å². The number of ether oxygens (including phenoxy) is 1. The van der Waals surface area contributed by atoms with Crippen LogP contribution >= 0.6 is 12.2 Å². The lowest BCUT2D eigenvalue weighted by atomic mass is 10.2. The van der Waals surface area contributed by atoms with Gasteiger partial charge in [0.25, 0.3) is 11.6 Å². The number of hydrogen-bond donors (Lipinski definition) is 2. The van der Waals surface area contributed by atoms with Crippen LogP contribution in [0.3, 0.4) is 0 Å². The lowest BCUT2D eigenvalue weighted by Gasteiger charge is -2.09. The van der Waals surface area contributed by atoms with Crippen molar-refractivity contribution in [3.05, 3.63) is 39.9 Å². The normalized spacial score (nSPS) is 9.85. The fourth-order valence-corrected chi connectivity index (χ4v) is 1.57. The van der Waals surface area contributed by atoms with Crippen LogP contribution in [0, 0.1) is 10.1 Å². The Labute approximate surface area is 121 Å². The quantitative estimate of drug-likeness (QED) is 0.355. The number of methoxy groups -OCH3 is 1. The molecule has 2 N–H and O–H groups in total. The molecule has 0 atom stereocenters. The molecule has 0 fully saturated rings. The molecule has 108 valence electrons. The zero-order chi connectivity index (χ0) is 15.0. The van der Waals surface area contributed by atoms with Crippen LogP contribution in [0.5, 0.6) is 0 Å². The van der Waals surface area contributed by atoms with E-state index in [1.54, 1.807) is 7.11 Å². The largest absolute Gasteiger partial charge is 0.385 e. The standard InChI is InChI=1S/C12H15N3O4S/c1-19-8-2-7-13-12(20)14-11(16)9-3-5-10(6-4-9)15(17)18/h3-6H,2,7-8H2,1H3,(H2,13,14,16,20). The Morgan fingerprint density at radius 2 is 2.05 bits per heavy atom. The molecule has 1 aromatic rings. The molecule has 0 bridgehead atoms. The average molecular weight is 297 g/mol. The number of thiocarbonyl (C=S) groups is 1. The summed E-state index contributed by atoms with van der Waals surface area (Å²) in [4.78, 5) is 21.8. The van der Waals surface area contributed by atoms with E-state index in [9.17, 15) is 14.9 Å². The van der Waals surface area contributed by atoms with Gasteiger partial charge in [-0.2, -0.15) is 0 Å². The van der Waals surface area contributed by atoms with Gasteiger partial charge >= 0.3 is 0 Å². The number of amides is 1. The van der Waals surface area contributed by atoms with Crippen molar-refractivity contribution in [2.45, 2.75) is 6.42 Å². The Bertz CT molecular complexity index is 490. The van der Waals surface area contributed by atoms with Crippen LogP contribution in [-0.4, -0.2) is 36.2 Å². The summed E-state index contributed by atoms with van der Waals surface area (Å²) >= 11 is 4.96. The number of nitro groups is 1. The zero-order valence-corrected chi connectivity index (χ0v) is 11.7. The summed E-state index contributed by atoms with van der Waals surface area (Å²) in [6, 6.07) is 5.29. The second-order valence-corrected chi connectivity index (χ2v) is 4.27. The molecule has 0 aromatic heterocycles. The van der Waals surface area contributed by atoms with Gasteiger partial charge in [-0.3, -0.25) is 20.2 Å². The molecular formula is C12H15N3O4S. The van der Waals surface area contributed by atoms with Crippen molar-refractivity contribution >= 4 is 28.9 Å². The zero-order valence-electron chi connectivity index (χ0n) is 10.9. The van der Waals surface area contributed by atoms with E-state index in [4.69, 9.17) is 17.0 Å². The molecule has 0 saturated carbocycles. The Morgan fingerprint density at radius 3 is 2.60 bits per heavy atom. The van der Waals surface area contributed by atoms with Crippen LogP contribution in [0.4, 0.5) is 5.69 Å². The second kappa shape index (κ2) is 8.18. The maximum absolute atomic E-state index is 11.8. The van der Waals surface area contributed by atoms with Crippen molar-refractivity contribution in [3.8, 4) is 0 Å². The smallest absolute Gasteiger partial charge is 0.269 e. The average Bonchev–Trinajstić information content (AvgIpc) is 2.43. The minimum absolute atomic E-state index is 0.0678. The molecule has 0 saturated heterocycles. The van der Waals surface area contributed by atoms with E-state index in [1.807, 2.05) is 0 Å². The van der Waals surface area contributed by atoms with Crippen molar-refractivity contribution in [2.75, 3.05) is 20.3 Å². The second-order valence-electron chi connectivity index (χ2n) is 3.86. The van der Waals surface area contributed by atoms with Crippen LogP contribution in [0.2, 0.25) is 0 Å². The van der Waals surface area contributed by atoms with Gasteiger partial charge in [0.15, 0.2) is 5.11 Å². The molecule has 8 heteroatoms. The summed E-state index contributed by atoms with van der Waals surface area (Å²) in [5.41, 5.74) is 0.235. The van der Waals surface area contributed by atoms with E-state index in [0.29, 0.717) is 18.7 Å². The van der Waals surface area contributed by atoms with Crippen molar-refractivity contribution in [3.63, 3.8) is 0 Å². The molecule has 0 heterocycles. The third-order valence-corrected chi connectivity index (χ3v) is 2.62. The number of benzene rings is 1. The molecule has 0 aliphatic rings. The maximum Gasteiger partial charge on any atom is 0.269 e. The van der Waals surface area contributed by atoms with Gasteiger partial charge in [0.1, 0.15) is 0 Å². The number of hydrogen-bond acceptors (Lipinski definition) is 5. The fourth-order valence-electron chi connectivity index (χ4n) is 1.37. The number of carbonyl (C=O) groups excluding carboxylic acids is 1. The molecular weight excluding hydrogens is 282 g/mol. The molecule has 0 aliphatic heterocycles. The summed E-state index contributed by atoms with van der Waals surface area (Å²) in [7, 11) is 1.61. The topological polar surface area (TPSA) is 93.5 Å². The van der Waals surface area contributed by atoms with E-state index in [1.165, 1.54) is 24.3 Å². The predicted octanol–water partition coefficient (Wildman–Crippen LogP) is 1.24. The molecule has 0 radical (unpaired) electrons. The summed E-state index contributed by atoms with van der Waals surface area (Å²) in [5.74, 6) is -0.413. The number of rotatable bonds is 6. The highest BCUT2D eigenvalue weighted by Crippen LogP contribution is 2.11. The van der Waals surface area contributed by atoms with Gasteiger partial charge < -0.3 is 10.1 Å². The number of nitro benzene ring substituents is 1. The first-order chi connectivity index (χ1) is 9.54. The Kier molecular flexibility index (Phi) is 6.54. The SMILES string of the molecule is COCCCNC(=S)NC(=O)c1ccc([N+](=O)[O-])cc1. The van der Waals surface area contributed by atoms with Crippen LogP contribution in [0.25, 0.3) is 0 Å². The summed E-state index contributed by atoms with van der Waals surface area (Å²) in [5, 5.41) is 16.1. The number of non-ortho nitro benzene ring substituents is 1. The predicted molar refractivity (Wildman–Crippen MR) is 77.7 cm³/mol. The first-order valence-electron chi connectivity index (χ1n) is 5.87. The van der Waals surface area contributed by atoms with E-state index in [-0.39, 0.29) is 10.8 Å². The van der Waals surface area contributed by atoms with Gasteiger partial charge in [-0.1, -0.05) is 0 Å². The minimum Gasteiger partial charge on any atom is -0.385 e. The van der Waals surface area contributed by atoms with Gasteiger partial charge in [0.2, 0.25) is 0 Å². The minimum atomic E-state index is -0.524. The highest BCUT2D eigenvalue weighted by atomic mass is 32.1. The highest BCUT2D eigenvalue weighted by molar-refractivity contribution is 7.80. The lowest BCUT2D eigenvalue weighted by Crippen LogP contribution is -2.39. The van der Waals surface area contributed by atoms with Crippen molar-refractivity contribution in [2.24, 2.45) is 0 Å². The maximum atomic E-state index is 11.8. The Hall–Kier alpha value is -2.06. The van der Waals surface area contributed by atoms with Crippen LogP contribution < -0.4 is 10.6 Å². The first kappa shape index (κ1) is 16.0. The molecule has 20 heavy (non-hydrogen) atoms. The molecule has 7 nitrogen and oxygen atoms in total. The molecule has 0 unspecified atom stereocenters. The number of nitrogens with one attached hydrogen (secondary N) is 2. The summed E-state index contributed by atoms with van der Waals surface area (Å²) in [6.45, 7) is 1.19. The van der Waals surface area contributed by atoms with Crippen molar-refractivity contribution < 1.29 is 14.5 Å². The van der Waals surface area contributed by atoms with E-state index >= 15 is 0 Å². The Balaban J connectivity index is 2.45. The summed E-state index contributed by atoms with van der Waals surface area (Å²) in [6.07, 6.45) is 0.768. The molecule has 0 spiro atoms. The molecule has 1 aromatic carbocycles. The number of nitrogens with zero attached hydrogens (tertiary/aromatic N) is 1. The summed E-state index contributed by atoms with van der Waals surface area (Å²) < 4.78 is 4.88. The molecule has 1 rings (SSSR count). The van der Waals surface area contributed by atoms with Crippen LogP contribution in [0.15, 0.2) is 24.3 Å². The third-order valence-electron chi connectivity index (χ3n) is 2.38. The molecule has 0 aliphatic carbocycles. The van der Waals surface area contributed by atoms with Gasteiger partial charge in [0.05, 0.1) is 4.92 Å².